The molecule has 10 heteroatoms. The molecule has 224 valence electrons. The summed E-state index contributed by atoms with van der Waals surface area (Å²) in [6, 6.07) is 19.5. The van der Waals surface area contributed by atoms with Gasteiger partial charge in [0.15, 0.2) is 0 Å². The van der Waals surface area contributed by atoms with Crippen LogP contribution in [-0.2, 0) is 26.2 Å². The third-order valence-corrected chi connectivity index (χ3v) is 10.2. The summed E-state index contributed by atoms with van der Waals surface area (Å²) in [5.74, 6) is -0.763. The maximum absolute atomic E-state index is 14.3. The minimum atomic E-state index is -4.23. The summed E-state index contributed by atoms with van der Waals surface area (Å²) in [4.78, 5) is 29.4. The van der Waals surface area contributed by atoms with Crippen LogP contribution in [0.3, 0.4) is 0 Å². The van der Waals surface area contributed by atoms with Crippen LogP contribution in [0, 0.1) is 6.92 Å². The summed E-state index contributed by atoms with van der Waals surface area (Å²) in [6.45, 7) is 3.38. The first-order valence-electron chi connectivity index (χ1n) is 14.3. The molecule has 3 aromatic rings. The van der Waals surface area contributed by atoms with Crippen molar-refractivity contribution in [2.24, 2.45) is 0 Å². The largest absolute Gasteiger partial charge is 0.352 e. The molecule has 1 saturated carbocycles. The standard InChI is InChI=1S/C32H37Cl2N3O4S/c1-3-28(32(39)35-25-14-6-4-7-15-25)36(21-24-13-10-12-23(2)20-24)30(38)22-37(29-19-11-18-27(33)31(29)34)42(40,41)26-16-8-5-9-17-26/h5,8-13,16-20,25,28H,3-4,6-7,14-15,21-22H2,1-2H3,(H,35,39)/t28-/m0/s1. The quantitative estimate of drug-likeness (QED) is 0.254. The van der Waals surface area contributed by atoms with Gasteiger partial charge in [-0.05, 0) is 56.0 Å². The highest BCUT2D eigenvalue weighted by molar-refractivity contribution is 7.92. The zero-order chi connectivity index (χ0) is 30.3. The molecule has 0 aliphatic heterocycles. The van der Waals surface area contributed by atoms with E-state index in [0.29, 0.717) is 6.42 Å². The van der Waals surface area contributed by atoms with Gasteiger partial charge >= 0.3 is 0 Å². The molecule has 1 aliphatic carbocycles. The number of rotatable bonds is 11. The molecule has 0 saturated heterocycles. The molecule has 42 heavy (non-hydrogen) atoms. The maximum atomic E-state index is 14.3. The Morgan fingerprint density at radius 1 is 0.952 bits per heavy atom. The molecule has 0 aromatic heterocycles. The molecule has 0 bridgehead atoms. The van der Waals surface area contributed by atoms with Crippen LogP contribution in [-0.4, -0.2) is 43.8 Å². The average Bonchev–Trinajstić information content (AvgIpc) is 2.98. The van der Waals surface area contributed by atoms with E-state index >= 15 is 0 Å². The Kier molecular flexibility index (Phi) is 10.9. The Hall–Kier alpha value is -3.07. The third-order valence-electron chi connectivity index (χ3n) is 7.58. The van der Waals surface area contributed by atoms with E-state index in [1.807, 2.05) is 38.1 Å². The van der Waals surface area contributed by atoms with Crippen molar-refractivity contribution in [3.8, 4) is 0 Å². The van der Waals surface area contributed by atoms with Gasteiger partial charge in [0, 0.05) is 12.6 Å². The van der Waals surface area contributed by atoms with E-state index in [2.05, 4.69) is 5.32 Å². The predicted octanol–water partition coefficient (Wildman–Crippen LogP) is 6.75. The second-order valence-corrected chi connectivity index (χ2v) is 13.3. The van der Waals surface area contributed by atoms with Gasteiger partial charge < -0.3 is 10.2 Å². The van der Waals surface area contributed by atoms with Gasteiger partial charge in [-0.3, -0.25) is 13.9 Å². The fraction of sp³-hybridized carbons (Fsp3) is 0.375. The lowest BCUT2D eigenvalue weighted by molar-refractivity contribution is -0.140. The maximum Gasteiger partial charge on any atom is 0.264 e. The van der Waals surface area contributed by atoms with Gasteiger partial charge in [-0.2, -0.15) is 0 Å². The van der Waals surface area contributed by atoms with Crippen LogP contribution in [0.1, 0.15) is 56.6 Å². The van der Waals surface area contributed by atoms with E-state index in [9.17, 15) is 18.0 Å². The number of nitrogens with one attached hydrogen (secondary N) is 1. The fourth-order valence-electron chi connectivity index (χ4n) is 5.39. The van der Waals surface area contributed by atoms with Gasteiger partial charge in [0.1, 0.15) is 12.6 Å². The lowest BCUT2D eigenvalue weighted by Crippen LogP contribution is -2.54. The Labute approximate surface area is 258 Å². The van der Waals surface area contributed by atoms with Crippen molar-refractivity contribution >= 4 is 50.7 Å². The number of benzene rings is 3. The van der Waals surface area contributed by atoms with E-state index in [0.717, 1.165) is 47.5 Å². The summed E-state index contributed by atoms with van der Waals surface area (Å²) >= 11 is 12.8. The number of halogens is 2. The van der Waals surface area contributed by atoms with Crippen LogP contribution in [0.15, 0.2) is 77.7 Å². The lowest BCUT2D eigenvalue weighted by atomic mass is 9.95. The van der Waals surface area contributed by atoms with E-state index < -0.39 is 28.5 Å². The molecule has 0 heterocycles. The van der Waals surface area contributed by atoms with Gasteiger partial charge in [0.05, 0.1) is 20.6 Å². The van der Waals surface area contributed by atoms with Crippen LogP contribution in [0.25, 0.3) is 0 Å². The second-order valence-electron chi connectivity index (χ2n) is 10.7. The number of carbonyl (C=O) groups excluding carboxylic acids is 2. The summed E-state index contributed by atoms with van der Waals surface area (Å²) in [5, 5.41) is 3.33. The molecular formula is C32H37Cl2N3O4S. The summed E-state index contributed by atoms with van der Waals surface area (Å²) < 4.78 is 28.9. The SMILES string of the molecule is CC[C@@H](C(=O)NC1CCCCC1)N(Cc1cccc(C)c1)C(=O)CN(c1cccc(Cl)c1Cl)S(=O)(=O)c1ccccc1. The molecule has 1 fully saturated rings. The zero-order valence-electron chi connectivity index (χ0n) is 23.9. The van der Waals surface area contributed by atoms with E-state index in [1.54, 1.807) is 30.3 Å². The molecule has 2 amide bonds. The molecule has 1 aliphatic rings. The Morgan fingerprint density at radius 2 is 1.64 bits per heavy atom. The molecule has 7 nitrogen and oxygen atoms in total. The molecule has 3 aromatic carbocycles. The monoisotopic (exact) mass is 629 g/mol. The molecule has 0 spiro atoms. The third kappa shape index (κ3) is 7.65. The normalized spacial score (nSPS) is 14.7. The first-order chi connectivity index (χ1) is 20.1. The van der Waals surface area contributed by atoms with Gasteiger partial charge in [-0.15, -0.1) is 0 Å². The van der Waals surface area contributed by atoms with Crippen LogP contribution < -0.4 is 9.62 Å². The first-order valence-corrected chi connectivity index (χ1v) is 16.5. The summed E-state index contributed by atoms with van der Waals surface area (Å²) in [5.41, 5.74) is 1.93. The minimum absolute atomic E-state index is 0.00107. The van der Waals surface area contributed by atoms with Gasteiger partial charge in [-0.25, -0.2) is 8.42 Å². The number of nitrogens with zero attached hydrogens (tertiary/aromatic N) is 2. The first kappa shape index (κ1) is 31.9. The predicted molar refractivity (Wildman–Crippen MR) is 168 cm³/mol. The van der Waals surface area contributed by atoms with Gasteiger partial charge in [-0.1, -0.05) is 103 Å². The van der Waals surface area contributed by atoms with Crippen LogP contribution in [0.4, 0.5) is 5.69 Å². The number of amides is 2. The topological polar surface area (TPSA) is 86.8 Å². The van der Waals surface area contributed by atoms with Crippen molar-refractivity contribution in [2.75, 3.05) is 10.8 Å². The Morgan fingerprint density at radius 3 is 2.31 bits per heavy atom. The number of anilines is 1. The Balaban J connectivity index is 1.73. The van der Waals surface area contributed by atoms with E-state index in [4.69, 9.17) is 23.2 Å². The van der Waals surface area contributed by atoms with Crippen LogP contribution >= 0.6 is 23.2 Å². The van der Waals surface area contributed by atoms with E-state index in [1.165, 1.54) is 23.1 Å². The van der Waals surface area contributed by atoms with Crippen molar-refractivity contribution in [3.05, 3.63) is 94.0 Å². The number of sulfonamides is 1. The van der Waals surface area contributed by atoms with Crippen molar-refractivity contribution in [1.29, 1.82) is 0 Å². The summed E-state index contributed by atoms with van der Waals surface area (Å²) in [7, 11) is -4.23. The van der Waals surface area contributed by atoms with Crippen molar-refractivity contribution < 1.29 is 18.0 Å². The molecule has 4 rings (SSSR count). The number of hydrogen-bond donors (Lipinski definition) is 1. The van der Waals surface area contributed by atoms with Crippen molar-refractivity contribution in [3.63, 3.8) is 0 Å². The second kappa shape index (κ2) is 14.4. The molecule has 1 N–H and O–H groups in total. The van der Waals surface area contributed by atoms with Crippen molar-refractivity contribution in [2.45, 2.75) is 75.9 Å². The summed E-state index contributed by atoms with van der Waals surface area (Å²) in [6.07, 6.45) is 5.44. The van der Waals surface area contributed by atoms with Gasteiger partial charge in [0.2, 0.25) is 11.8 Å². The minimum Gasteiger partial charge on any atom is -0.352 e. The highest BCUT2D eigenvalue weighted by Crippen LogP contribution is 2.35. The average molecular weight is 631 g/mol. The van der Waals surface area contributed by atoms with Crippen molar-refractivity contribution in [1.82, 2.24) is 10.2 Å². The molecular weight excluding hydrogens is 593 g/mol. The number of hydrogen-bond acceptors (Lipinski definition) is 4. The van der Waals surface area contributed by atoms with E-state index in [-0.39, 0.29) is 39.1 Å². The highest BCUT2D eigenvalue weighted by atomic mass is 35.5. The number of carbonyl (C=O) groups is 2. The molecule has 0 unspecified atom stereocenters. The highest BCUT2D eigenvalue weighted by Gasteiger charge is 2.35. The molecule has 1 atom stereocenters. The Bertz CT molecular complexity index is 1490. The smallest absolute Gasteiger partial charge is 0.264 e. The van der Waals surface area contributed by atoms with Crippen LogP contribution in [0.5, 0.6) is 0 Å². The van der Waals surface area contributed by atoms with Crippen LogP contribution in [0.2, 0.25) is 10.0 Å². The zero-order valence-corrected chi connectivity index (χ0v) is 26.3. The number of aryl methyl sites for hydroxylation is 1. The molecule has 0 radical (unpaired) electrons. The van der Waals surface area contributed by atoms with Gasteiger partial charge in [0.25, 0.3) is 10.0 Å². The lowest BCUT2D eigenvalue weighted by Gasteiger charge is -2.34. The fourth-order valence-corrected chi connectivity index (χ4v) is 7.28.